The maximum absolute atomic E-state index is 13.3. The molecule has 57 heavy (non-hydrogen) atoms. The van der Waals surface area contributed by atoms with Crippen LogP contribution in [0.25, 0.3) is 0 Å². The van der Waals surface area contributed by atoms with E-state index in [-0.39, 0.29) is 50.2 Å². The van der Waals surface area contributed by atoms with Crippen LogP contribution < -0.4 is 15.5 Å². The second kappa shape index (κ2) is 16.9. The van der Waals surface area contributed by atoms with Gasteiger partial charge in [-0.2, -0.15) is 0 Å². The van der Waals surface area contributed by atoms with Gasteiger partial charge in [0.05, 0.1) is 38.4 Å². The average molecular weight is 774 g/mol. The molecule has 4 saturated heterocycles. The number of amides is 4. The zero-order chi connectivity index (χ0) is 39.4. The Bertz CT molecular complexity index is 2040. The van der Waals surface area contributed by atoms with Crippen molar-refractivity contribution in [2.75, 3.05) is 31.2 Å². The number of likely N-dealkylation sites (tertiary alicyclic amines) is 2. The number of carbonyl (C=O) groups excluding carboxylic acids is 4. The van der Waals surface area contributed by atoms with Crippen molar-refractivity contribution in [1.29, 1.82) is 0 Å². The highest BCUT2D eigenvalue weighted by Gasteiger charge is 2.50. The first-order chi connectivity index (χ1) is 27.8. The molecule has 0 bridgehead atoms. The highest BCUT2D eigenvalue weighted by molar-refractivity contribution is 6.06. The zero-order valence-corrected chi connectivity index (χ0v) is 31.6. The van der Waals surface area contributed by atoms with Gasteiger partial charge in [-0.3, -0.25) is 19.3 Å². The number of piperidine rings is 1. The third-order valence-electron chi connectivity index (χ3n) is 11.5. The Hall–Kier alpha value is -5.60. The first-order valence-electron chi connectivity index (χ1n) is 19.5. The Labute approximate surface area is 331 Å². The molecule has 8 rings (SSSR count). The van der Waals surface area contributed by atoms with Gasteiger partial charge in [-0.15, -0.1) is 0 Å². The lowest BCUT2D eigenvalue weighted by molar-refractivity contribution is -0.253. The molecule has 4 amide bonds. The molecule has 4 unspecified atom stereocenters. The van der Waals surface area contributed by atoms with E-state index in [1.807, 2.05) is 97.1 Å². The quantitative estimate of drug-likeness (QED) is 0.183. The number of rotatable bonds is 11. The summed E-state index contributed by atoms with van der Waals surface area (Å²) in [6, 6.07) is 33.5. The standard InChI is InChI=1S/C44H47N5O8/c50-27-31-13-15-33(16-14-31)38-23-36(26-47-21-19-44(20-22-47)42(53)45-29-49(44)35-9-5-2-6-10-35)56-41(57-38)34-17-11-30(12-18-34)25-48-39(51)24-37(40(48)52)46-43(54)55-28-32-7-3-1-4-8-32/h1-18,36-38,41,50H,19-29H2,(H,45,53)(H,46,54). The van der Waals surface area contributed by atoms with E-state index in [2.05, 4.69) is 32.6 Å². The molecular weight excluding hydrogens is 727 g/mol. The predicted molar refractivity (Wildman–Crippen MR) is 209 cm³/mol. The normalized spacial score (nSPS) is 23.5. The number of imide groups is 1. The molecule has 4 aliphatic rings. The van der Waals surface area contributed by atoms with Crippen LogP contribution in [0.15, 0.2) is 109 Å². The maximum Gasteiger partial charge on any atom is 0.408 e. The Morgan fingerprint density at radius 1 is 0.825 bits per heavy atom. The molecule has 4 atom stereocenters. The highest BCUT2D eigenvalue weighted by atomic mass is 16.7. The van der Waals surface area contributed by atoms with Crippen LogP contribution in [0.5, 0.6) is 0 Å². The van der Waals surface area contributed by atoms with Gasteiger partial charge in [0.1, 0.15) is 18.2 Å². The number of aliphatic hydroxyl groups is 1. The Kier molecular flexibility index (Phi) is 11.3. The van der Waals surface area contributed by atoms with Crippen LogP contribution in [-0.2, 0) is 48.4 Å². The topological polar surface area (TPSA) is 150 Å². The van der Waals surface area contributed by atoms with Crippen LogP contribution in [0.2, 0.25) is 0 Å². The van der Waals surface area contributed by atoms with Crippen LogP contribution in [0.1, 0.15) is 65.9 Å². The largest absolute Gasteiger partial charge is 0.445 e. The van der Waals surface area contributed by atoms with Gasteiger partial charge in [-0.1, -0.05) is 97.1 Å². The summed E-state index contributed by atoms with van der Waals surface area (Å²) in [5, 5.41) is 15.2. The van der Waals surface area contributed by atoms with Crippen LogP contribution in [-0.4, -0.2) is 82.7 Å². The van der Waals surface area contributed by atoms with E-state index in [4.69, 9.17) is 14.2 Å². The first kappa shape index (κ1) is 38.3. The molecule has 0 saturated carbocycles. The molecule has 13 heteroatoms. The fourth-order valence-corrected chi connectivity index (χ4v) is 8.29. The Balaban J connectivity index is 0.909. The van der Waals surface area contributed by atoms with Crippen molar-refractivity contribution < 1.29 is 38.5 Å². The number of nitrogens with one attached hydrogen (secondary N) is 2. The van der Waals surface area contributed by atoms with Gasteiger partial charge < -0.3 is 39.8 Å². The SMILES string of the molecule is O=C(NC1CC(=O)N(Cc2ccc(C3OC(CN4CCC5(CC4)C(=O)NCN5c4ccccc4)CC(c4ccc(CO)cc4)O3)cc2)C1=O)OCc1ccccc1. The Morgan fingerprint density at radius 3 is 2.19 bits per heavy atom. The van der Waals surface area contributed by atoms with Crippen molar-refractivity contribution in [2.45, 2.75) is 75.5 Å². The third kappa shape index (κ3) is 8.42. The lowest BCUT2D eigenvalue weighted by atomic mass is 9.85. The van der Waals surface area contributed by atoms with Gasteiger partial charge in [-0.05, 0) is 47.2 Å². The summed E-state index contributed by atoms with van der Waals surface area (Å²) in [5.41, 5.74) is 4.60. The summed E-state index contributed by atoms with van der Waals surface area (Å²) >= 11 is 0. The molecule has 4 aromatic rings. The monoisotopic (exact) mass is 773 g/mol. The molecule has 0 radical (unpaired) electrons. The van der Waals surface area contributed by atoms with Crippen molar-refractivity contribution >= 4 is 29.5 Å². The number of carbonyl (C=O) groups is 4. The van der Waals surface area contributed by atoms with E-state index < -0.39 is 29.9 Å². The molecule has 3 N–H and O–H groups in total. The van der Waals surface area contributed by atoms with Crippen molar-refractivity contribution in [3.63, 3.8) is 0 Å². The molecule has 0 aromatic heterocycles. The van der Waals surface area contributed by atoms with Gasteiger partial charge in [0.2, 0.25) is 11.8 Å². The lowest BCUT2D eigenvalue weighted by Gasteiger charge is -2.45. The molecule has 0 aliphatic carbocycles. The minimum atomic E-state index is -0.993. The molecule has 296 valence electrons. The van der Waals surface area contributed by atoms with Crippen LogP contribution >= 0.6 is 0 Å². The third-order valence-corrected chi connectivity index (χ3v) is 11.5. The molecular formula is C44H47N5O8. The van der Waals surface area contributed by atoms with E-state index in [1.165, 1.54) is 0 Å². The van der Waals surface area contributed by atoms with E-state index >= 15 is 0 Å². The Morgan fingerprint density at radius 2 is 1.49 bits per heavy atom. The second-order valence-corrected chi connectivity index (χ2v) is 15.1. The minimum absolute atomic E-state index is 0.0459. The number of benzene rings is 4. The fraction of sp³-hybridized carbons (Fsp3) is 0.364. The van der Waals surface area contributed by atoms with E-state index in [0.717, 1.165) is 51.5 Å². The summed E-state index contributed by atoms with van der Waals surface area (Å²) in [6.45, 7) is 2.71. The van der Waals surface area contributed by atoms with Crippen LogP contribution in [0.3, 0.4) is 0 Å². The molecule has 4 heterocycles. The number of hydrogen-bond donors (Lipinski definition) is 3. The minimum Gasteiger partial charge on any atom is -0.445 e. The number of para-hydroxylation sites is 1. The van der Waals surface area contributed by atoms with Gasteiger partial charge >= 0.3 is 6.09 Å². The number of nitrogens with zero attached hydrogens (tertiary/aromatic N) is 3. The number of ether oxygens (including phenoxy) is 3. The van der Waals surface area contributed by atoms with Crippen molar-refractivity contribution in [2.24, 2.45) is 0 Å². The summed E-state index contributed by atoms with van der Waals surface area (Å²) in [5.74, 6) is -0.779. The predicted octanol–water partition coefficient (Wildman–Crippen LogP) is 4.71. The summed E-state index contributed by atoms with van der Waals surface area (Å²) in [4.78, 5) is 57.5. The van der Waals surface area contributed by atoms with Gasteiger partial charge in [0.15, 0.2) is 6.29 Å². The summed E-state index contributed by atoms with van der Waals surface area (Å²) in [7, 11) is 0. The van der Waals surface area contributed by atoms with Gasteiger partial charge in [0, 0.05) is 37.3 Å². The molecule has 1 spiro atoms. The highest BCUT2D eigenvalue weighted by Crippen LogP contribution is 2.40. The number of hydrogen-bond acceptors (Lipinski definition) is 10. The second-order valence-electron chi connectivity index (χ2n) is 15.1. The van der Waals surface area contributed by atoms with E-state index in [1.54, 1.807) is 0 Å². The number of alkyl carbamates (subject to hydrolysis) is 1. The first-order valence-corrected chi connectivity index (χ1v) is 19.5. The van der Waals surface area contributed by atoms with Gasteiger partial charge in [-0.25, -0.2) is 4.79 Å². The van der Waals surface area contributed by atoms with E-state index in [9.17, 15) is 24.3 Å². The van der Waals surface area contributed by atoms with Crippen molar-refractivity contribution in [1.82, 2.24) is 20.4 Å². The van der Waals surface area contributed by atoms with Crippen molar-refractivity contribution in [3.8, 4) is 0 Å². The summed E-state index contributed by atoms with van der Waals surface area (Å²) in [6.07, 6.45) is -0.00250. The fourth-order valence-electron chi connectivity index (χ4n) is 8.29. The van der Waals surface area contributed by atoms with Crippen LogP contribution in [0.4, 0.5) is 10.5 Å². The average Bonchev–Trinajstić information content (AvgIpc) is 3.70. The van der Waals surface area contributed by atoms with E-state index in [0.29, 0.717) is 32.5 Å². The van der Waals surface area contributed by atoms with Crippen molar-refractivity contribution in [3.05, 3.63) is 137 Å². The number of anilines is 1. The molecule has 4 aromatic carbocycles. The molecule has 13 nitrogen and oxygen atoms in total. The molecule has 4 fully saturated rings. The van der Waals surface area contributed by atoms with Gasteiger partial charge in [0.25, 0.3) is 5.91 Å². The summed E-state index contributed by atoms with van der Waals surface area (Å²) < 4.78 is 18.5. The van der Waals surface area contributed by atoms with Crippen LogP contribution in [0, 0.1) is 0 Å². The lowest BCUT2D eigenvalue weighted by Crippen LogP contribution is -2.57. The maximum atomic E-state index is 13.3. The molecule has 4 aliphatic heterocycles. The zero-order valence-electron chi connectivity index (χ0n) is 31.6. The number of aliphatic hydroxyl groups excluding tert-OH is 1. The smallest absolute Gasteiger partial charge is 0.408 e.